The van der Waals surface area contributed by atoms with Gasteiger partial charge in [-0.25, -0.2) is 0 Å². The van der Waals surface area contributed by atoms with Crippen molar-refractivity contribution in [1.29, 1.82) is 0 Å². The molecule has 0 aliphatic carbocycles. The first-order chi connectivity index (χ1) is 12.1. The van der Waals surface area contributed by atoms with E-state index >= 15 is 0 Å². The Morgan fingerprint density at radius 2 is 2.04 bits per heavy atom. The second-order valence-corrected chi connectivity index (χ2v) is 9.08. The first-order valence-corrected chi connectivity index (χ1v) is 9.97. The molecule has 1 unspecified atom stereocenters. The van der Waals surface area contributed by atoms with E-state index in [4.69, 9.17) is 27.9 Å². The Morgan fingerprint density at radius 3 is 2.54 bits per heavy atom. The predicted molar refractivity (Wildman–Crippen MR) is 108 cm³/mol. The lowest BCUT2D eigenvalue weighted by Crippen LogP contribution is -2.51. The summed E-state index contributed by atoms with van der Waals surface area (Å²) in [6, 6.07) is 5.37. The van der Waals surface area contributed by atoms with Crippen molar-refractivity contribution < 1.29 is 9.53 Å². The van der Waals surface area contributed by atoms with Gasteiger partial charge >= 0.3 is 5.97 Å². The Labute approximate surface area is 167 Å². The summed E-state index contributed by atoms with van der Waals surface area (Å²) >= 11 is 12.4. The van der Waals surface area contributed by atoms with Crippen LogP contribution in [0.5, 0.6) is 0 Å². The van der Waals surface area contributed by atoms with Gasteiger partial charge in [0.15, 0.2) is 0 Å². The Hall–Kier alpha value is -0.810. The average molecular weight is 401 g/mol. The molecule has 1 heterocycles. The molecule has 1 aromatic rings. The highest BCUT2D eigenvalue weighted by atomic mass is 35.5. The van der Waals surface area contributed by atoms with Crippen LogP contribution in [-0.2, 0) is 16.1 Å². The van der Waals surface area contributed by atoms with Gasteiger partial charge < -0.3 is 10.1 Å². The van der Waals surface area contributed by atoms with Gasteiger partial charge in [-0.15, -0.1) is 0 Å². The molecule has 146 valence electrons. The highest BCUT2D eigenvalue weighted by Crippen LogP contribution is 2.28. The van der Waals surface area contributed by atoms with Crippen molar-refractivity contribution in [3.63, 3.8) is 0 Å². The maximum Gasteiger partial charge on any atom is 0.324 e. The molecule has 26 heavy (non-hydrogen) atoms. The number of hydrogen-bond acceptors (Lipinski definition) is 4. The predicted octanol–water partition coefficient (Wildman–Crippen LogP) is 4.52. The zero-order chi connectivity index (χ0) is 19.5. The number of nitrogens with zero attached hydrogens (tertiary/aromatic N) is 1. The first kappa shape index (κ1) is 21.5. The van der Waals surface area contributed by atoms with Crippen molar-refractivity contribution in [2.24, 2.45) is 5.92 Å². The van der Waals surface area contributed by atoms with Gasteiger partial charge in [0.05, 0.1) is 0 Å². The van der Waals surface area contributed by atoms with Gasteiger partial charge in [-0.2, -0.15) is 0 Å². The van der Waals surface area contributed by atoms with E-state index in [1.54, 1.807) is 6.07 Å². The van der Waals surface area contributed by atoms with E-state index in [0.717, 1.165) is 25.1 Å². The molecular weight excluding hydrogens is 371 g/mol. The van der Waals surface area contributed by atoms with Gasteiger partial charge in [0.25, 0.3) is 0 Å². The summed E-state index contributed by atoms with van der Waals surface area (Å²) in [5.41, 5.74) is 0.450. The molecule has 0 amide bonds. The largest absolute Gasteiger partial charge is 0.459 e. The summed E-state index contributed by atoms with van der Waals surface area (Å²) < 4.78 is 5.77. The molecule has 2 atom stereocenters. The molecule has 0 aromatic heterocycles. The molecule has 0 radical (unpaired) electrons. The topological polar surface area (TPSA) is 41.6 Å². The molecule has 1 aliphatic heterocycles. The van der Waals surface area contributed by atoms with E-state index in [1.807, 2.05) is 32.9 Å². The minimum absolute atomic E-state index is 0.162. The Bertz CT molecular complexity index is 623. The van der Waals surface area contributed by atoms with E-state index in [9.17, 15) is 4.79 Å². The summed E-state index contributed by atoms with van der Waals surface area (Å²) in [5.74, 6) is 0.0586. The van der Waals surface area contributed by atoms with E-state index in [-0.39, 0.29) is 24.0 Å². The summed E-state index contributed by atoms with van der Waals surface area (Å²) in [4.78, 5) is 15.3. The van der Waals surface area contributed by atoms with Crippen LogP contribution in [0.3, 0.4) is 0 Å². The fourth-order valence-electron chi connectivity index (χ4n) is 3.36. The second-order valence-electron chi connectivity index (χ2n) is 8.23. The third-order valence-electron chi connectivity index (χ3n) is 4.58. The molecule has 1 N–H and O–H groups in total. The van der Waals surface area contributed by atoms with Crippen LogP contribution in [0, 0.1) is 5.92 Å². The van der Waals surface area contributed by atoms with E-state index in [1.165, 1.54) is 0 Å². The molecule has 0 spiro atoms. The summed E-state index contributed by atoms with van der Waals surface area (Å²) in [5, 5.41) is 4.60. The maximum atomic E-state index is 13.1. The first-order valence-electron chi connectivity index (χ1n) is 9.21. The van der Waals surface area contributed by atoms with Crippen LogP contribution in [0.15, 0.2) is 18.2 Å². The van der Waals surface area contributed by atoms with Crippen LogP contribution in [-0.4, -0.2) is 41.6 Å². The third-order valence-corrected chi connectivity index (χ3v) is 5.17. The highest BCUT2D eigenvalue weighted by molar-refractivity contribution is 6.35. The number of esters is 1. The zero-order valence-corrected chi connectivity index (χ0v) is 17.8. The monoisotopic (exact) mass is 400 g/mol. The number of rotatable bonds is 6. The lowest BCUT2D eigenvalue weighted by atomic mass is 9.95. The normalized spacial score (nSPS) is 19.2. The highest BCUT2D eigenvalue weighted by Gasteiger charge is 2.39. The lowest BCUT2D eigenvalue weighted by molar-refractivity contribution is -0.165. The van der Waals surface area contributed by atoms with Crippen molar-refractivity contribution in [2.75, 3.05) is 13.1 Å². The van der Waals surface area contributed by atoms with Crippen LogP contribution in [0.25, 0.3) is 0 Å². The molecule has 1 fully saturated rings. The van der Waals surface area contributed by atoms with Gasteiger partial charge in [0.2, 0.25) is 0 Å². The van der Waals surface area contributed by atoms with Gasteiger partial charge in [-0.3, -0.25) is 9.69 Å². The summed E-state index contributed by atoms with van der Waals surface area (Å²) in [6.07, 6.45) is 0.960. The van der Waals surface area contributed by atoms with Crippen LogP contribution in [0.4, 0.5) is 0 Å². The van der Waals surface area contributed by atoms with Crippen molar-refractivity contribution in [1.82, 2.24) is 10.2 Å². The number of halogens is 2. The number of carbonyl (C=O) groups excluding carboxylic acids is 1. The Kier molecular flexibility index (Phi) is 7.37. The third kappa shape index (κ3) is 5.85. The van der Waals surface area contributed by atoms with Gasteiger partial charge in [-0.05, 0) is 71.2 Å². The molecule has 4 nitrogen and oxygen atoms in total. The number of benzene rings is 1. The molecule has 1 saturated heterocycles. The van der Waals surface area contributed by atoms with Crippen molar-refractivity contribution in [3.05, 3.63) is 33.8 Å². The minimum atomic E-state index is -0.512. The van der Waals surface area contributed by atoms with Crippen LogP contribution < -0.4 is 5.32 Å². The SMILES string of the molecule is CC(C)N(Cc1ccc(Cl)cc1Cl)C(C(=O)OC(C)(C)C)[C@@H]1CCNC1. The molecule has 0 bridgehead atoms. The summed E-state index contributed by atoms with van der Waals surface area (Å²) in [6.45, 7) is 12.3. The smallest absolute Gasteiger partial charge is 0.324 e. The van der Waals surface area contributed by atoms with E-state index in [0.29, 0.717) is 16.6 Å². The fraction of sp³-hybridized carbons (Fsp3) is 0.650. The number of hydrogen-bond donors (Lipinski definition) is 1. The van der Waals surface area contributed by atoms with Crippen LogP contribution >= 0.6 is 23.2 Å². The molecule has 6 heteroatoms. The Morgan fingerprint density at radius 1 is 1.35 bits per heavy atom. The Balaban J connectivity index is 2.31. The van der Waals surface area contributed by atoms with Crippen molar-refractivity contribution in [3.8, 4) is 0 Å². The van der Waals surface area contributed by atoms with E-state index < -0.39 is 5.60 Å². The molecule has 2 rings (SSSR count). The summed E-state index contributed by atoms with van der Waals surface area (Å²) in [7, 11) is 0. The van der Waals surface area contributed by atoms with Crippen molar-refractivity contribution >= 4 is 29.2 Å². The van der Waals surface area contributed by atoms with Gasteiger partial charge in [0.1, 0.15) is 11.6 Å². The van der Waals surface area contributed by atoms with Crippen LogP contribution in [0.2, 0.25) is 10.0 Å². The van der Waals surface area contributed by atoms with E-state index in [2.05, 4.69) is 24.1 Å². The fourth-order valence-corrected chi connectivity index (χ4v) is 3.82. The minimum Gasteiger partial charge on any atom is -0.459 e. The average Bonchev–Trinajstić information content (AvgIpc) is 3.00. The van der Waals surface area contributed by atoms with Gasteiger partial charge in [-0.1, -0.05) is 29.3 Å². The molecule has 1 aromatic carbocycles. The lowest BCUT2D eigenvalue weighted by Gasteiger charge is -2.38. The zero-order valence-electron chi connectivity index (χ0n) is 16.3. The molecular formula is C20H30Cl2N2O2. The maximum absolute atomic E-state index is 13.1. The number of nitrogens with one attached hydrogen (secondary N) is 1. The standard InChI is InChI=1S/C20H30Cl2N2O2/c1-13(2)24(12-15-6-7-16(21)10-17(15)22)18(14-8-9-23-11-14)19(25)26-20(3,4)5/h6-7,10,13-14,18,23H,8-9,11-12H2,1-5H3/t14-,18?/m1/s1. The number of carbonyl (C=O) groups is 1. The molecule has 1 aliphatic rings. The van der Waals surface area contributed by atoms with Crippen LogP contribution in [0.1, 0.15) is 46.6 Å². The quantitative estimate of drug-likeness (QED) is 0.712. The second kappa shape index (κ2) is 8.92. The van der Waals surface area contributed by atoms with Gasteiger partial charge in [0, 0.05) is 29.2 Å². The number of ether oxygens (including phenoxy) is 1. The molecule has 0 saturated carbocycles. The van der Waals surface area contributed by atoms with Crippen molar-refractivity contribution in [2.45, 2.75) is 65.3 Å².